The molecule has 39 heavy (non-hydrogen) atoms. The van der Waals surface area contributed by atoms with Crippen LogP contribution in [0.2, 0.25) is 0 Å². The van der Waals surface area contributed by atoms with Crippen molar-refractivity contribution in [1.82, 2.24) is 39.5 Å². The smallest absolute Gasteiger partial charge is 0.326 e. The van der Waals surface area contributed by atoms with Gasteiger partial charge in [-0.3, -0.25) is 4.98 Å². The number of nitrogens with zero attached hydrogens (tertiary/aromatic N) is 6. The van der Waals surface area contributed by atoms with Crippen LogP contribution in [0.5, 0.6) is 5.88 Å². The van der Waals surface area contributed by atoms with Crippen molar-refractivity contribution in [3.05, 3.63) is 87.3 Å². The number of imidazole rings is 1. The van der Waals surface area contributed by atoms with E-state index >= 15 is 0 Å². The van der Waals surface area contributed by atoms with Crippen LogP contribution in [0.4, 0.5) is 10.3 Å². The summed E-state index contributed by atoms with van der Waals surface area (Å²) in [6, 6.07) is 8.67. The quantitative estimate of drug-likeness (QED) is 0.221. The van der Waals surface area contributed by atoms with Crippen LogP contribution in [0, 0.1) is 5.82 Å². The predicted molar refractivity (Wildman–Crippen MR) is 140 cm³/mol. The molecule has 12 nitrogen and oxygen atoms in total. The Balaban J connectivity index is 1.28. The highest BCUT2D eigenvalue weighted by molar-refractivity contribution is 5.82. The van der Waals surface area contributed by atoms with E-state index in [1.165, 1.54) is 16.6 Å². The minimum atomic E-state index is -0.530. The van der Waals surface area contributed by atoms with E-state index in [0.717, 1.165) is 35.0 Å². The highest BCUT2D eigenvalue weighted by Gasteiger charge is 2.21. The Bertz CT molecular complexity index is 2050. The molecule has 1 aromatic carbocycles. The average molecular weight is 525 g/mol. The Labute approximate surface area is 218 Å². The van der Waals surface area contributed by atoms with Crippen molar-refractivity contribution in [2.24, 2.45) is 4.99 Å². The lowest BCUT2D eigenvalue weighted by molar-refractivity contribution is 0.454. The first-order valence-electron chi connectivity index (χ1n) is 12.3. The maximum Gasteiger partial charge on any atom is 0.326 e. The fraction of sp³-hybridized carbons (Fsp3) is 0.154. The molecule has 5 N–H and O–H groups in total. The van der Waals surface area contributed by atoms with E-state index in [1.54, 1.807) is 24.5 Å². The molecule has 0 spiro atoms. The summed E-state index contributed by atoms with van der Waals surface area (Å²) in [5, 5.41) is 19.1. The number of benzene rings is 1. The largest absolute Gasteiger partial charge is 0.493 e. The number of halogens is 1. The SMILES string of the molecule is O=c1[nH]c(O)c(C=c2cnn3c(=NC4CC4)nc(NCc4ccc(F)cc4-c4cnc5[nH]ccc5c4)nc23)[nH]1. The van der Waals surface area contributed by atoms with Gasteiger partial charge in [-0.15, -0.1) is 0 Å². The number of pyridine rings is 1. The fourth-order valence-electron chi connectivity index (χ4n) is 4.39. The van der Waals surface area contributed by atoms with Gasteiger partial charge in [0.1, 0.15) is 17.2 Å². The second-order valence-corrected chi connectivity index (χ2v) is 9.32. The van der Waals surface area contributed by atoms with Crippen molar-refractivity contribution in [2.75, 3.05) is 5.32 Å². The lowest BCUT2D eigenvalue weighted by Gasteiger charge is -2.11. The molecule has 1 aliphatic carbocycles. The Morgan fingerprint density at radius 1 is 1.18 bits per heavy atom. The van der Waals surface area contributed by atoms with Crippen molar-refractivity contribution >= 4 is 28.7 Å². The van der Waals surface area contributed by atoms with Crippen LogP contribution in [0.15, 0.2) is 58.7 Å². The third-order valence-corrected chi connectivity index (χ3v) is 6.48. The van der Waals surface area contributed by atoms with Crippen LogP contribution in [0.25, 0.3) is 33.9 Å². The molecule has 13 heteroatoms. The van der Waals surface area contributed by atoms with E-state index in [0.29, 0.717) is 34.5 Å². The Morgan fingerprint density at radius 3 is 2.90 bits per heavy atom. The molecule has 6 aromatic rings. The van der Waals surface area contributed by atoms with Crippen LogP contribution in [-0.4, -0.2) is 50.7 Å². The number of H-pyrrole nitrogens is 3. The Hall–Kier alpha value is -5.33. The first-order valence-corrected chi connectivity index (χ1v) is 12.3. The monoisotopic (exact) mass is 524 g/mol. The molecule has 0 amide bonds. The first kappa shape index (κ1) is 22.8. The van der Waals surface area contributed by atoms with Crippen molar-refractivity contribution in [1.29, 1.82) is 0 Å². The van der Waals surface area contributed by atoms with Crippen LogP contribution in [-0.2, 0) is 6.54 Å². The molecule has 1 fully saturated rings. The van der Waals surface area contributed by atoms with Crippen LogP contribution in [0.3, 0.4) is 0 Å². The van der Waals surface area contributed by atoms with E-state index < -0.39 is 5.69 Å². The van der Waals surface area contributed by atoms with Crippen molar-refractivity contribution in [3.8, 4) is 17.0 Å². The van der Waals surface area contributed by atoms with Gasteiger partial charge in [0.15, 0.2) is 5.65 Å². The molecular weight excluding hydrogens is 503 g/mol. The van der Waals surface area contributed by atoms with Crippen LogP contribution >= 0.6 is 0 Å². The molecule has 5 heterocycles. The standard InChI is InChI=1S/C26H21FN10O2/c27-17-2-1-14(19(9-17)15-7-13-5-6-28-21(13)29-11-15)10-30-24-34-22-16(8-20-23(38)35-26(39)33-20)12-31-37(22)25(36-24)32-18-3-4-18/h1-2,5-9,11-12,18,38H,3-4,10H2,(H,28,29)(H,30,32,36)(H2,33,35,39). The molecule has 0 radical (unpaired) electrons. The fourth-order valence-corrected chi connectivity index (χ4v) is 4.39. The van der Waals surface area contributed by atoms with Crippen molar-refractivity contribution < 1.29 is 9.50 Å². The number of anilines is 1. The summed E-state index contributed by atoms with van der Waals surface area (Å²) >= 11 is 0. The maximum atomic E-state index is 14.3. The van der Waals surface area contributed by atoms with Gasteiger partial charge in [-0.1, -0.05) is 6.07 Å². The minimum absolute atomic E-state index is 0.178. The lowest BCUT2D eigenvalue weighted by Crippen LogP contribution is -2.24. The van der Waals surface area contributed by atoms with E-state index in [4.69, 9.17) is 0 Å². The summed E-state index contributed by atoms with van der Waals surface area (Å²) in [6.45, 7) is 0.304. The molecule has 5 aromatic heterocycles. The van der Waals surface area contributed by atoms with Crippen molar-refractivity contribution in [3.63, 3.8) is 0 Å². The molecule has 194 valence electrons. The van der Waals surface area contributed by atoms with Gasteiger partial charge in [-0.2, -0.15) is 19.6 Å². The van der Waals surface area contributed by atoms with Gasteiger partial charge in [0.05, 0.1) is 12.2 Å². The molecular formula is C26H21FN10O2. The Kier molecular flexibility index (Phi) is 5.21. The van der Waals surface area contributed by atoms with E-state index in [9.17, 15) is 14.3 Å². The van der Waals surface area contributed by atoms with E-state index in [-0.39, 0.29) is 23.4 Å². The van der Waals surface area contributed by atoms with Crippen LogP contribution < -0.4 is 21.8 Å². The first-order chi connectivity index (χ1) is 19.0. The molecule has 0 unspecified atom stereocenters. The van der Waals surface area contributed by atoms with Gasteiger partial charge < -0.3 is 20.4 Å². The van der Waals surface area contributed by atoms with Gasteiger partial charge in [0, 0.05) is 35.1 Å². The third-order valence-electron chi connectivity index (χ3n) is 6.48. The average Bonchev–Trinajstić information content (AvgIpc) is 3.31. The van der Waals surface area contributed by atoms with Gasteiger partial charge >= 0.3 is 5.69 Å². The van der Waals surface area contributed by atoms with Gasteiger partial charge in [0.25, 0.3) is 5.62 Å². The number of aromatic hydroxyl groups is 1. The maximum absolute atomic E-state index is 14.3. The molecule has 0 atom stereocenters. The van der Waals surface area contributed by atoms with Gasteiger partial charge in [-0.25, -0.2) is 19.2 Å². The normalized spacial score (nSPS) is 14.6. The highest BCUT2D eigenvalue weighted by atomic mass is 19.1. The summed E-state index contributed by atoms with van der Waals surface area (Å²) in [4.78, 5) is 37.8. The lowest BCUT2D eigenvalue weighted by atomic mass is 10.00. The number of hydrogen-bond acceptors (Lipinski definition) is 8. The summed E-state index contributed by atoms with van der Waals surface area (Å²) in [5.74, 6) is -0.333. The topological polar surface area (TPSA) is 165 Å². The Morgan fingerprint density at radius 2 is 2.08 bits per heavy atom. The summed E-state index contributed by atoms with van der Waals surface area (Å²) in [5.41, 5.74) is 3.57. The second kappa shape index (κ2) is 8.90. The van der Waals surface area contributed by atoms with Crippen LogP contribution in [0.1, 0.15) is 24.1 Å². The van der Waals surface area contributed by atoms with Gasteiger partial charge in [0.2, 0.25) is 11.8 Å². The van der Waals surface area contributed by atoms with Crippen molar-refractivity contribution in [2.45, 2.75) is 25.4 Å². The summed E-state index contributed by atoms with van der Waals surface area (Å²) in [7, 11) is 0. The van der Waals surface area contributed by atoms with E-state index in [2.05, 4.69) is 45.3 Å². The molecule has 7 rings (SSSR count). The number of aromatic nitrogens is 8. The number of nitrogens with one attached hydrogen (secondary N) is 4. The highest BCUT2D eigenvalue weighted by Crippen LogP contribution is 2.27. The zero-order valence-electron chi connectivity index (χ0n) is 20.3. The number of aromatic amines is 3. The van der Waals surface area contributed by atoms with Gasteiger partial charge in [-0.05, 0) is 54.3 Å². The summed E-state index contributed by atoms with van der Waals surface area (Å²) < 4.78 is 15.8. The van der Waals surface area contributed by atoms with E-state index in [1.807, 2.05) is 18.3 Å². The second-order valence-electron chi connectivity index (χ2n) is 9.32. The molecule has 0 aliphatic heterocycles. The number of fused-ring (bicyclic) bond motifs is 2. The number of hydrogen-bond donors (Lipinski definition) is 5. The molecule has 1 aliphatic rings. The predicted octanol–water partition coefficient (Wildman–Crippen LogP) is 1.75. The zero-order valence-corrected chi connectivity index (χ0v) is 20.3. The molecule has 1 saturated carbocycles. The minimum Gasteiger partial charge on any atom is -0.493 e. The summed E-state index contributed by atoms with van der Waals surface area (Å²) in [6.07, 6.45) is 8.60. The molecule has 0 saturated heterocycles. The number of rotatable bonds is 6. The molecule has 0 bridgehead atoms. The zero-order chi connectivity index (χ0) is 26.5. The third kappa shape index (κ3) is 4.39.